The second kappa shape index (κ2) is 4.02. The Hall–Kier alpha value is -1.75. The lowest BCUT2D eigenvalue weighted by Gasteiger charge is -2.17. The van der Waals surface area contributed by atoms with Crippen molar-refractivity contribution in [2.45, 2.75) is 6.92 Å². The zero-order valence-electron chi connectivity index (χ0n) is 9.01. The maximum absolute atomic E-state index is 11.9. The molecule has 5 heteroatoms. The van der Waals surface area contributed by atoms with Crippen LogP contribution >= 0.6 is 0 Å². The molecular formula is C11H13N3O2. The SMILES string of the molecule is CC(CN)CN1C(=O)c2ccncc2C1=O. The summed E-state index contributed by atoms with van der Waals surface area (Å²) in [5, 5.41) is 0. The number of nitrogens with two attached hydrogens (primary N) is 1. The van der Waals surface area contributed by atoms with Crippen molar-refractivity contribution in [3.63, 3.8) is 0 Å². The van der Waals surface area contributed by atoms with Crippen molar-refractivity contribution in [1.82, 2.24) is 9.88 Å². The van der Waals surface area contributed by atoms with Gasteiger partial charge in [0.15, 0.2) is 0 Å². The van der Waals surface area contributed by atoms with Crippen LogP contribution in [0.15, 0.2) is 18.5 Å². The molecule has 0 fully saturated rings. The maximum atomic E-state index is 11.9. The molecule has 2 rings (SSSR count). The highest BCUT2D eigenvalue weighted by Crippen LogP contribution is 2.22. The van der Waals surface area contributed by atoms with Gasteiger partial charge in [-0.25, -0.2) is 0 Å². The predicted octanol–water partition coefficient (Wildman–Crippen LogP) is 0.272. The van der Waals surface area contributed by atoms with Crippen LogP contribution in [0.4, 0.5) is 0 Å². The lowest BCUT2D eigenvalue weighted by molar-refractivity contribution is 0.0634. The molecule has 0 bridgehead atoms. The topological polar surface area (TPSA) is 76.3 Å². The molecule has 0 saturated heterocycles. The second-order valence-electron chi connectivity index (χ2n) is 3.98. The zero-order valence-corrected chi connectivity index (χ0v) is 9.01. The first kappa shape index (κ1) is 10.8. The first-order valence-electron chi connectivity index (χ1n) is 5.15. The molecule has 0 aliphatic carbocycles. The number of hydrogen-bond donors (Lipinski definition) is 1. The Morgan fingerprint density at radius 1 is 1.38 bits per heavy atom. The van der Waals surface area contributed by atoms with Crippen LogP contribution in [0.3, 0.4) is 0 Å². The van der Waals surface area contributed by atoms with Crippen molar-refractivity contribution in [3.05, 3.63) is 29.6 Å². The molecule has 2 heterocycles. The molecule has 2 amide bonds. The number of carbonyl (C=O) groups is 2. The van der Waals surface area contributed by atoms with Gasteiger partial charge in [0, 0.05) is 18.9 Å². The van der Waals surface area contributed by atoms with Crippen LogP contribution < -0.4 is 5.73 Å². The number of hydrogen-bond acceptors (Lipinski definition) is 4. The average Bonchev–Trinajstić information content (AvgIpc) is 2.55. The van der Waals surface area contributed by atoms with Gasteiger partial charge in [0.05, 0.1) is 11.1 Å². The van der Waals surface area contributed by atoms with Gasteiger partial charge in [0.1, 0.15) is 0 Å². The van der Waals surface area contributed by atoms with Gasteiger partial charge < -0.3 is 5.73 Å². The fraction of sp³-hybridized carbons (Fsp3) is 0.364. The molecule has 1 aromatic rings. The number of rotatable bonds is 3. The Balaban J connectivity index is 2.28. The summed E-state index contributed by atoms with van der Waals surface area (Å²) in [5.41, 5.74) is 6.30. The van der Waals surface area contributed by atoms with Gasteiger partial charge in [-0.05, 0) is 18.5 Å². The smallest absolute Gasteiger partial charge is 0.263 e. The average molecular weight is 219 g/mol. The fourth-order valence-corrected chi connectivity index (χ4v) is 1.69. The van der Waals surface area contributed by atoms with E-state index in [0.717, 1.165) is 0 Å². The van der Waals surface area contributed by atoms with Gasteiger partial charge >= 0.3 is 0 Å². The minimum Gasteiger partial charge on any atom is -0.330 e. The highest BCUT2D eigenvalue weighted by molar-refractivity contribution is 6.21. The summed E-state index contributed by atoms with van der Waals surface area (Å²) in [6.07, 6.45) is 2.95. The summed E-state index contributed by atoms with van der Waals surface area (Å²) < 4.78 is 0. The van der Waals surface area contributed by atoms with Crippen LogP contribution in [0, 0.1) is 5.92 Å². The van der Waals surface area contributed by atoms with Crippen LogP contribution in [-0.4, -0.2) is 34.8 Å². The lowest BCUT2D eigenvalue weighted by Crippen LogP contribution is -2.35. The van der Waals surface area contributed by atoms with Crippen LogP contribution in [0.25, 0.3) is 0 Å². The third-order valence-corrected chi connectivity index (χ3v) is 2.67. The Morgan fingerprint density at radius 3 is 2.69 bits per heavy atom. The van der Waals surface area contributed by atoms with E-state index < -0.39 is 0 Å². The molecular weight excluding hydrogens is 206 g/mol. The number of imide groups is 1. The molecule has 5 nitrogen and oxygen atoms in total. The molecule has 1 aliphatic rings. The molecule has 0 radical (unpaired) electrons. The van der Waals surface area contributed by atoms with E-state index in [-0.39, 0.29) is 17.7 Å². The molecule has 0 saturated carbocycles. The number of amides is 2. The molecule has 2 N–H and O–H groups in total. The Labute approximate surface area is 93.3 Å². The highest BCUT2D eigenvalue weighted by atomic mass is 16.2. The fourth-order valence-electron chi connectivity index (χ4n) is 1.69. The summed E-state index contributed by atoms with van der Waals surface area (Å²) in [6.45, 7) is 2.72. The Kier molecular flexibility index (Phi) is 2.70. The monoisotopic (exact) mass is 219 g/mol. The van der Waals surface area contributed by atoms with Gasteiger partial charge in [-0.2, -0.15) is 0 Å². The van der Waals surface area contributed by atoms with Crippen LogP contribution in [0.1, 0.15) is 27.6 Å². The second-order valence-corrected chi connectivity index (χ2v) is 3.98. The summed E-state index contributed by atoms with van der Waals surface area (Å²) >= 11 is 0. The highest BCUT2D eigenvalue weighted by Gasteiger charge is 2.35. The van der Waals surface area contributed by atoms with Crippen molar-refractivity contribution in [1.29, 1.82) is 0 Å². The molecule has 1 aromatic heterocycles. The van der Waals surface area contributed by atoms with E-state index >= 15 is 0 Å². The van der Waals surface area contributed by atoms with Crippen molar-refractivity contribution in [2.24, 2.45) is 11.7 Å². The maximum Gasteiger partial charge on any atom is 0.263 e. The molecule has 1 aliphatic heterocycles. The van der Waals surface area contributed by atoms with Crippen molar-refractivity contribution < 1.29 is 9.59 Å². The number of fused-ring (bicyclic) bond motifs is 1. The van der Waals surface area contributed by atoms with Gasteiger partial charge in [-0.1, -0.05) is 6.92 Å². The van der Waals surface area contributed by atoms with Gasteiger partial charge in [0.25, 0.3) is 11.8 Å². The van der Waals surface area contributed by atoms with Gasteiger partial charge in [-0.3, -0.25) is 19.5 Å². The Morgan fingerprint density at radius 2 is 2.06 bits per heavy atom. The molecule has 0 spiro atoms. The molecule has 0 aromatic carbocycles. The summed E-state index contributed by atoms with van der Waals surface area (Å²) in [7, 11) is 0. The quantitative estimate of drug-likeness (QED) is 0.740. The minimum atomic E-state index is -0.270. The van der Waals surface area contributed by atoms with E-state index in [0.29, 0.717) is 24.2 Å². The predicted molar refractivity (Wildman–Crippen MR) is 57.8 cm³/mol. The van der Waals surface area contributed by atoms with E-state index in [4.69, 9.17) is 5.73 Å². The normalized spacial score (nSPS) is 16.5. The molecule has 84 valence electrons. The van der Waals surface area contributed by atoms with Crippen LogP contribution in [0.2, 0.25) is 0 Å². The molecule has 1 atom stereocenters. The van der Waals surface area contributed by atoms with E-state index in [1.54, 1.807) is 6.07 Å². The third-order valence-electron chi connectivity index (χ3n) is 2.67. The summed E-state index contributed by atoms with van der Waals surface area (Å²) in [5.74, 6) is -0.411. The van der Waals surface area contributed by atoms with E-state index in [9.17, 15) is 9.59 Å². The van der Waals surface area contributed by atoms with Crippen molar-refractivity contribution in [2.75, 3.05) is 13.1 Å². The zero-order chi connectivity index (χ0) is 11.7. The van der Waals surface area contributed by atoms with Gasteiger partial charge in [-0.15, -0.1) is 0 Å². The summed E-state index contributed by atoms with van der Waals surface area (Å²) in [4.78, 5) is 28.9. The minimum absolute atomic E-state index is 0.107. The lowest BCUT2D eigenvalue weighted by atomic mass is 10.2. The van der Waals surface area contributed by atoms with Crippen molar-refractivity contribution in [3.8, 4) is 0 Å². The van der Waals surface area contributed by atoms with E-state index in [2.05, 4.69) is 4.98 Å². The van der Waals surface area contributed by atoms with E-state index in [1.807, 2.05) is 6.92 Å². The number of nitrogens with zero attached hydrogens (tertiary/aromatic N) is 2. The largest absolute Gasteiger partial charge is 0.330 e. The van der Waals surface area contributed by atoms with Crippen LogP contribution in [-0.2, 0) is 0 Å². The number of pyridine rings is 1. The Bertz CT molecular complexity index is 410. The summed E-state index contributed by atoms with van der Waals surface area (Å²) in [6, 6.07) is 1.57. The first-order chi connectivity index (χ1) is 7.65. The third kappa shape index (κ3) is 1.59. The number of aromatic nitrogens is 1. The van der Waals surface area contributed by atoms with Gasteiger partial charge in [0.2, 0.25) is 0 Å². The first-order valence-corrected chi connectivity index (χ1v) is 5.15. The molecule has 1 unspecified atom stereocenters. The van der Waals surface area contributed by atoms with Crippen LogP contribution in [0.5, 0.6) is 0 Å². The number of carbonyl (C=O) groups excluding carboxylic acids is 2. The van der Waals surface area contributed by atoms with Crippen molar-refractivity contribution >= 4 is 11.8 Å². The standard InChI is InChI=1S/C11H13N3O2/c1-7(4-12)6-14-10(15)8-2-3-13-5-9(8)11(14)16/h2-3,5,7H,4,6,12H2,1H3. The van der Waals surface area contributed by atoms with E-state index in [1.165, 1.54) is 17.3 Å². The molecule has 16 heavy (non-hydrogen) atoms.